The Morgan fingerprint density at radius 3 is 2.57 bits per heavy atom. The quantitative estimate of drug-likeness (QED) is 0.793. The molecule has 1 aliphatic heterocycles. The summed E-state index contributed by atoms with van der Waals surface area (Å²) in [7, 11) is -2.83. The van der Waals surface area contributed by atoms with Gasteiger partial charge < -0.3 is 4.74 Å². The van der Waals surface area contributed by atoms with E-state index in [1.807, 2.05) is 4.72 Å². The van der Waals surface area contributed by atoms with Crippen LogP contribution in [0, 0.1) is 0 Å². The molecule has 10 heteroatoms. The highest BCUT2D eigenvalue weighted by atomic mass is 32.2. The third-order valence-electron chi connectivity index (χ3n) is 3.27. The van der Waals surface area contributed by atoms with Crippen LogP contribution in [0.2, 0.25) is 0 Å². The summed E-state index contributed by atoms with van der Waals surface area (Å²) >= 11 is 0. The molecule has 6 nitrogen and oxygen atoms in total. The number of nitrogens with one attached hydrogen (secondary N) is 1. The Morgan fingerprint density at radius 1 is 1.48 bits per heavy atom. The molecule has 0 aromatic carbocycles. The highest BCUT2D eigenvalue weighted by Gasteiger charge is 2.35. The van der Waals surface area contributed by atoms with Crippen molar-refractivity contribution >= 4 is 15.9 Å². The van der Waals surface area contributed by atoms with Gasteiger partial charge in [0.05, 0.1) is 19.2 Å². The van der Waals surface area contributed by atoms with Gasteiger partial charge in [0.2, 0.25) is 15.9 Å². The summed E-state index contributed by atoms with van der Waals surface area (Å²) in [6, 6.07) is -1.22. The van der Waals surface area contributed by atoms with Crippen molar-refractivity contribution < 1.29 is 31.1 Å². The van der Waals surface area contributed by atoms with Crippen LogP contribution in [-0.4, -0.2) is 63.5 Å². The molecule has 1 fully saturated rings. The van der Waals surface area contributed by atoms with Crippen LogP contribution in [0.25, 0.3) is 0 Å². The number of likely N-dealkylation sites (N-methyl/N-ethyl adjacent to an activating group) is 1. The molecule has 124 valence electrons. The fourth-order valence-corrected chi connectivity index (χ4v) is 3.25. The summed E-state index contributed by atoms with van der Waals surface area (Å²) in [5.41, 5.74) is 0. The normalized spacial score (nSPS) is 22.1. The molecule has 1 aliphatic rings. The van der Waals surface area contributed by atoms with Crippen molar-refractivity contribution in [1.82, 2.24) is 9.62 Å². The maximum Gasteiger partial charge on any atom is 0.401 e. The van der Waals surface area contributed by atoms with Crippen molar-refractivity contribution in [1.29, 1.82) is 0 Å². The van der Waals surface area contributed by atoms with E-state index in [0.29, 0.717) is 19.4 Å². The summed E-state index contributed by atoms with van der Waals surface area (Å²) < 4.78 is 67.5. The number of halogens is 3. The largest absolute Gasteiger partial charge is 0.401 e. The monoisotopic (exact) mass is 332 g/mol. The Hall–Kier alpha value is -0.870. The lowest BCUT2D eigenvalue weighted by atomic mass is 10.2. The summed E-state index contributed by atoms with van der Waals surface area (Å²) in [6.45, 7) is 0.363. The van der Waals surface area contributed by atoms with Crippen molar-refractivity contribution in [2.45, 2.75) is 37.2 Å². The van der Waals surface area contributed by atoms with Crippen LogP contribution in [0.3, 0.4) is 0 Å². The second-order valence-electron chi connectivity index (χ2n) is 5.06. The Labute approximate surface area is 121 Å². The average molecular weight is 332 g/mol. The van der Waals surface area contributed by atoms with Gasteiger partial charge in [-0.15, -0.1) is 0 Å². The number of amides is 1. The number of alkyl halides is 3. The minimum absolute atomic E-state index is 0.0185. The van der Waals surface area contributed by atoms with Gasteiger partial charge >= 0.3 is 6.18 Å². The van der Waals surface area contributed by atoms with E-state index in [1.165, 1.54) is 6.92 Å². The van der Waals surface area contributed by atoms with Crippen LogP contribution in [0.5, 0.6) is 0 Å². The van der Waals surface area contributed by atoms with E-state index in [2.05, 4.69) is 0 Å². The van der Waals surface area contributed by atoms with E-state index < -0.39 is 39.9 Å². The summed E-state index contributed by atoms with van der Waals surface area (Å²) in [6.07, 6.45) is -3.54. The van der Waals surface area contributed by atoms with Gasteiger partial charge in [-0.25, -0.2) is 8.42 Å². The minimum atomic E-state index is -4.46. The van der Waals surface area contributed by atoms with Crippen LogP contribution in [-0.2, 0) is 19.6 Å². The van der Waals surface area contributed by atoms with Gasteiger partial charge in [0, 0.05) is 6.61 Å². The third kappa shape index (κ3) is 5.79. The molecular formula is C11H19F3N2O4S. The van der Waals surface area contributed by atoms with Gasteiger partial charge in [-0.2, -0.15) is 13.2 Å². The molecule has 0 aromatic rings. The van der Waals surface area contributed by atoms with Crippen LogP contribution in [0.4, 0.5) is 13.2 Å². The first-order chi connectivity index (χ1) is 9.53. The minimum Gasteiger partial charge on any atom is -0.380 e. The number of hydrogen-bond donors (Lipinski definition) is 1. The molecule has 1 amide bonds. The first-order valence-corrected chi connectivity index (χ1v) is 7.98. The Morgan fingerprint density at radius 2 is 2.10 bits per heavy atom. The van der Waals surface area contributed by atoms with Gasteiger partial charge in [-0.05, 0) is 26.8 Å². The van der Waals surface area contributed by atoms with Crippen molar-refractivity contribution in [2.24, 2.45) is 0 Å². The van der Waals surface area contributed by atoms with E-state index in [4.69, 9.17) is 4.74 Å². The van der Waals surface area contributed by atoms with Crippen molar-refractivity contribution in [3.05, 3.63) is 0 Å². The fourth-order valence-electron chi connectivity index (χ4n) is 1.88. The first-order valence-electron chi connectivity index (χ1n) is 6.43. The lowest BCUT2D eigenvalue weighted by Crippen LogP contribution is -2.50. The van der Waals surface area contributed by atoms with E-state index in [9.17, 15) is 26.4 Å². The molecule has 21 heavy (non-hydrogen) atoms. The van der Waals surface area contributed by atoms with Crippen LogP contribution in [0.1, 0.15) is 19.8 Å². The SMILES string of the molecule is C[C@H](C(=O)NS(=O)(=O)[C@@H]1CCCOC1)N(C)CC(F)(F)F. The fraction of sp³-hybridized carbons (Fsp3) is 0.909. The molecule has 0 saturated carbocycles. The zero-order valence-electron chi connectivity index (χ0n) is 11.8. The Kier molecular flexibility index (Phi) is 6.00. The number of sulfonamides is 1. The average Bonchev–Trinajstić information content (AvgIpc) is 2.36. The molecule has 1 N–H and O–H groups in total. The first kappa shape index (κ1) is 18.2. The maximum absolute atomic E-state index is 12.3. The Balaban J connectivity index is 2.62. The molecule has 2 atom stereocenters. The van der Waals surface area contributed by atoms with E-state index in [1.54, 1.807) is 0 Å². The topological polar surface area (TPSA) is 75.7 Å². The van der Waals surface area contributed by atoms with Crippen LogP contribution >= 0.6 is 0 Å². The summed E-state index contributed by atoms with van der Waals surface area (Å²) in [4.78, 5) is 12.5. The van der Waals surface area contributed by atoms with Crippen LogP contribution < -0.4 is 4.72 Å². The number of hydrogen-bond acceptors (Lipinski definition) is 5. The predicted molar refractivity (Wildman–Crippen MR) is 69.1 cm³/mol. The number of rotatable bonds is 5. The number of nitrogens with zero attached hydrogens (tertiary/aromatic N) is 1. The lowest BCUT2D eigenvalue weighted by Gasteiger charge is -2.26. The van der Waals surface area contributed by atoms with Crippen molar-refractivity contribution in [3.8, 4) is 0 Å². The second kappa shape index (κ2) is 6.93. The van der Waals surface area contributed by atoms with E-state index in [-0.39, 0.29) is 6.61 Å². The van der Waals surface area contributed by atoms with E-state index >= 15 is 0 Å². The standard InChI is InChI=1S/C11H19F3N2O4S/c1-8(16(2)7-11(12,13)14)10(17)15-21(18,19)9-4-3-5-20-6-9/h8-9H,3-7H2,1-2H3,(H,15,17)/t8-,9-/m1/s1. The summed E-state index contributed by atoms with van der Waals surface area (Å²) in [5.74, 6) is -0.979. The van der Waals surface area contributed by atoms with Gasteiger partial charge in [0.15, 0.2) is 0 Å². The summed E-state index contributed by atoms with van der Waals surface area (Å²) in [5, 5.41) is -0.852. The second-order valence-corrected chi connectivity index (χ2v) is 7.02. The van der Waals surface area contributed by atoms with Gasteiger partial charge in [-0.3, -0.25) is 14.4 Å². The molecule has 1 saturated heterocycles. The maximum atomic E-state index is 12.3. The molecule has 0 unspecified atom stereocenters. The van der Waals surface area contributed by atoms with E-state index in [0.717, 1.165) is 11.9 Å². The van der Waals surface area contributed by atoms with Crippen molar-refractivity contribution in [3.63, 3.8) is 0 Å². The highest BCUT2D eigenvalue weighted by Crippen LogP contribution is 2.17. The molecule has 0 bridgehead atoms. The molecule has 0 radical (unpaired) electrons. The molecular weight excluding hydrogens is 313 g/mol. The van der Waals surface area contributed by atoms with Crippen LogP contribution in [0.15, 0.2) is 0 Å². The van der Waals surface area contributed by atoms with Gasteiger partial charge in [-0.1, -0.05) is 0 Å². The number of carbonyl (C=O) groups is 1. The van der Waals surface area contributed by atoms with Gasteiger partial charge in [0.25, 0.3) is 0 Å². The molecule has 0 aliphatic carbocycles. The highest BCUT2D eigenvalue weighted by molar-refractivity contribution is 7.90. The zero-order chi connectivity index (χ0) is 16.3. The number of carbonyl (C=O) groups excluding carboxylic acids is 1. The van der Waals surface area contributed by atoms with Crippen molar-refractivity contribution in [2.75, 3.05) is 26.8 Å². The molecule has 1 heterocycles. The zero-order valence-corrected chi connectivity index (χ0v) is 12.6. The molecule has 0 spiro atoms. The third-order valence-corrected chi connectivity index (χ3v) is 5.00. The number of ether oxygens (including phenoxy) is 1. The molecule has 0 aromatic heterocycles. The molecule has 1 rings (SSSR count). The smallest absolute Gasteiger partial charge is 0.380 e. The Bertz CT molecular complexity index is 461. The van der Waals surface area contributed by atoms with Gasteiger partial charge in [0.1, 0.15) is 5.25 Å². The lowest BCUT2D eigenvalue weighted by molar-refractivity contribution is -0.150. The predicted octanol–water partition coefficient (Wildman–Crippen LogP) is 0.494.